The third kappa shape index (κ3) is 2.91. The zero-order chi connectivity index (χ0) is 13.0. The van der Waals surface area contributed by atoms with Gasteiger partial charge in [-0.25, -0.2) is 0 Å². The molecule has 0 heterocycles. The monoisotopic (exact) mass is 246 g/mol. The fourth-order valence-corrected chi connectivity index (χ4v) is 2.95. The van der Waals surface area contributed by atoms with E-state index in [1.54, 1.807) is 0 Å². The van der Waals surface area contributed by atoms with E-state index in [1.165, 1.54) is 36.8 Å². The number of carbonyl (C=O) groups excluding carboxylic acids is 1. The van der Waals surface area contributed by atoms with Gasteiger partial charge in [0.25, 0.3) is 0 Å². The molecule has 0 aromatic heterocycles. The maximum atomic E-state index is 10.8. The predicted molar refractivity (Wildman–Crippen MR) is 73.4 cm³/mol. The lowest BCUT2D eigenvalue weighted by Gasteiger charge is -2.30. The van der Waals surface area contributed by atoms with Crippen LogP contribution in [-0.2, 0) is 10.2 Å². The van der Waals surface area contributed by atoms with Gasteiger partial charge in [-0.3, -0.25) is 4.79 Å². The Morgan fingerprint density at radius 2 is 1.89 bits per heavy atom. The lowest BCUT2D eigenvalue weighted by molar-refractivity contribution is -0.117. The van der Waals surface area contributed by atoms with Crippen molar-refractivity contribution in [2.45, 2.75) is 38.0 Å². The number of nitrogens with two attached hydrogens (primary N) is 1. The second kappa shape index (κ2) is 5.53. The summed E-state index contributed by atoms with van der Waals surface area (Å²) in [6.45, 7) is 3.23. The van der Waals surface area contributed by atoms with E-state index in [2.05, 4.69) is 36.5 Å². The quantitative estimate of drug-likeness (QED) is 0.833. The zero-order valence-corrected chi connectivity index (χ0v) is 11.0. The van der Waals surface area contributed by atoms with E-state index in [0.717, 1.165) is 6.54 Å². The van der Waals surface area contributed by atoms with Crippen molar-refractivity contribution in [3.63, 3.8) is 0 Å². The van der Waals surface area contributed by atoms with E-state index in [1.807, 2.05) is 0 Å². The number of rotatable bonds is 5. The summed E-state index contributed by atoms with van der Waals surface area (Å²) >= 11 is 0. The van der Waals surface area contributed by atoms with Gasteiger partial charge in [-0.15, -0.1) is 0 Å². The van der Waals surface area contributed by atoms with Crippen LogP contribution in [0.4, 0.5) is 0 Å². The summed E-state index contributed by atoms with van der Waals surface area (Å²) in [7, 11) is 0. The lowest BCUT2D eigenvalue weighted by atomic mass is 9.78. The van der Waals surface area contributed by atoms with Gasteiger partial charge in [0.05, 0.1) is 6.54 Å². The van der Waals surface area contributed by atoms with Gasteiger partial charge in [0.1, 0.15) is 0 Å². The van der Waals surface area contributed by atoms with Crippen molar-refractivity contribution in [3.8, 4) is 0 Å². The highest BCUT2D eigenvalue weighted by molar-refractivity contribution is 5.75. The zero-order valence-electron chi connectivity index (χ0n) is 11.0. The molecule has 0 bridgehead atoms. The van der Waals surface area contributed by atoms with Gasteiger partial charge in [-0.05, 0) is 25.3 Å². The van der Waals surface area contributed by atoms with Gasteiger partial charge in [0.15, 0.2) is 0 Å². The average Bonchev–Trinajstić information content (AvgIpc) is 2.79. The van der Waals surface area contributed by atoms with Crippen molar-refractivity contribution in [2.75, 3.05) is 13.1 Å². The Bertz CT molecular complexity index is 405. The summed E-state index contributed by atoms with van der Waals surface area (Å²) in [6.07, 6.45) is 4.93. The van der Waals surface area contributed by atoms with Crippen molar-refractivity contribution < 1.29 is 4.79 Å². The van der Waals surface area contributed by atoms with Crippen LogP contribution in [0.25, 0.3) is 0 Å². The molecule has 1 saturated carbocycles. The molecule has 0 aliphatic heterocycles. The fourth-order valence-electron chi connectivity index (χ4n) is 2.95. The standard InChI is InChI=1S/C15H22N2O/c1-12-4-6-13(7-5-12)15(8-2-3-9-15)11-17-10-14(16)18/h4-7,17H,2-3,8-11H2,1H3,(H2,16,18). The van der Waals surface area contributed by atoms with Crippen LogP contribution in [0.3, 0.4) is 0 Å². The molecule has 1 aromatic carbocycles. The van der Waals surface area contributed by atoms with Crippen molar-refractivity contribution in [2.24, 2.45) is 5.73 Å². The Kier molecular flexibility index (Phi) is 4.02. The first-order valence-corrected chi connectivity index (χ1v) is 6.69. The minimum atomic E-state index is -0.285. The maximum Gasteiger partial charge on any atom is 0.231 e. The minimum absolute atomic E-state index is 0.198. The van der Waals surface area contributed by atoms with E-state index in [-0.39, 0.29) is 17.9 Å². The van der Waals surface area contributed by atoms with E-state index in [9.17, 15) is 4.79 Å². The molecule has 1 amide bonds. The van der Waals surface area contributed by atoms with E-state index >= 15 is 0 Å². The largest absolute Gasteiger partial charge is 0.369 e. The molecule has 0 radical (unpaired) electrons. The van der Waals surface area contributed by atoms with Crippen molar-refractivity contribution in [1.29, 1.82) is 0 Å². The van der Waals surface area contributed by atoms with Crippen LogP contribution in [0, 0.1) is 6.92 Å². The first-order chi connectivity index (χ1) is 8.62. The maximum absolute atomic E-state index is 10.8. The molecule has 0 saturated heterocycles. The van der Waals surface area contributed by atoms with Gasteiger partial charge in [-0.1, -0.05) is 42.7 Å². The Hall–Kier alpha value is -1.35. The molecular formula is C15H22N2O. The molecule has 0 spiro atoms. The van der Waals surface area contributed by atoms with Gasteiger partial charge in [0, 0.05) is 12.0 Å². The second-order valence-corrected chi connectivity index (χ2v) is 5.42. The molecule has 3 nitrogen and oxygen atoms in total. The predicted octanol–water partition coefficient (Wildman–Crippen LogP) is 1.88. The number of carbonyl (C=O) groups is 1. The Labute approximate surface area is 109 Å². The van der Waals surface area contributed by atoms with Crippen molar-refractivity contribution in [3.05, 3.63) is 35.4 Å². The lowest BCUT2D eigenvalue weighted by Crippen LogP contribution is -2.39. The van der Waals surface area contributed by atoms with E-state index < -0.39 is 0 Å². The van der Waals surface area contributed by atoms with Crippen LogP contribution in [-0.4, -0.2) is 19.0 Å². The van der Waals surface area contributed by atoms with Gasteiger partial charge in [0.2, 0.25) is 5.91 Å². The highest BCUT2D eigenvalue weighted by Crippen LogP contribution is 2.40. The number of primary amides is 1. The number of benzene rings is 1. The topological polar surface area (TPSA) is 55.1 Å². The Morgan fingerprint density at radius 3 is 2.44 bits per heavy atom. The number of hydrogen-bond acceptors (Lipinski definition) is 2. The molecule has 1 aromatic rings. The molecule has 18 heavy (non-hydrogen) atoms. The van der Waals surface area contributed by atoms with Gasteiger partial charge < -0.3 is 11.1 Å². The van der Waals surface area contributed by atoms with Crippen LogP contribution in [0.5, 0.6) is 0 Å². The third-order valence-electron chi connectivity index (χ3n) is 3.99. The number of aryl methyl sites for hydroxylation is 1. The summed E-state index contributed by atoms with van der Waals surface area (Å²) in [6, 6.07) is 8.80. The van der Waals surface area contributed by atoms with Crippen LogP contribution in [0.1, 0.15) is 36.8 Å². The minimum Gasteiger partial charge on any atom is -0.369 e. The molecular weight excluding hydrogens is 224 g/mol. The molecule has 1 aliphatic carbocycles. The van der Waals surface area contributed by atoms with Gasteiger partial charge in [-0.2, -0.15) is 0 Å². The molecule has 1 fully saturated rings. The first kappa shape index (κ1) is 13.1. The second-order valence-electron chi connectivity index (χ2n) is 5.42. The third-order valence-corrected chi connectivity index (χ3v) is 3.99. The number of hydrogen-bond donors (Lipinski definition) is 2. The number of amides is 1. The van der Waals surface area contributed by atoms with Crippen LogP contribution >= 0.6 is 0 Å². The average molecular weight is 246 g/mol. The van der Waals surface area contributed by atoms with Gasteiger partial charge >= 0.3 is 0 Å². The summed E-state index contributed by atoms with van der Waals surface area (Å²) < 4.78 is 0. The van der Waals surface area contributed by atoms with E-state index in [0.29, 0.717) is 0 Å². The molecule has 1 aliphatic rings. The smallest absolute Gasteiger partial charge is 0.231 e. The molecule has 0 atom stereocenters. The summed E-state index contributed by atoms with van der Waals surface area (Å²) in [5, 5.41) is 3.21. The highest BCUT2D eigenvalue weighted by Gasteiger charge is 2.35. The van der Waals surface area contributed by atoms with Crippen LogP contribution in [0.15, 0.2) is 24.3 Å². The molecule has 0 unspecified atom stereocenters. The Morgan fingerprint density at radius 1 is 1.28 bits per heavy atom. The van der Waals surface area contributed by atoms with Crippen molar-refractivity contribution in [1.82, 2.24) is 5.32 Å². The Balaban J connectivity index is 2.11. The first-order valence-electron chi connectivity index (χ1n) is 6.69. The van der Waals surface area contributed by atoms with Crippen LogP contribution in [0.2, 0.25) is 0 Å². The van der Waals surface area contributed by atoms with E-state index in [4.69, 9.17) is 5.73 Å². The fraction of sp³-hybridized carbons (Fsp3) is 0.533. The molecule has 2 rings (SSSR count). The summed E-state index contributed by atoms with van der Waals surface area (Å²) in [5.74, 6) is -0.285. The van der Waals surface area contributed by atoms with Crippen LogP contribution < -0.4 is 11.1 Å². The molecule has 3 N–H and O–H groups in total. The summed E-state index contributed by atoms with van der Waals surface area (Å²) in [4.78, 5) is 10.8. The summed E-state index contributed by atoms with van der Waals surface area (Å²) in [5.41, 5.74) is 8.06. The number of nitrogens with one attached hydrogen (secondary N) is 1. The molecule has 3 heteroatoms. The van der Waals surface area contributed by atoms with Crippen molar-refractivity contribution >= 4 is 5.91 Å². The highest BCUT2D eigenvalue weighted by atomic mass is 16.1. The normalized spacial score (nSPS) is 17.8. The molecule has 98 valence electrons. The SMILES string of the molecule is Cc1ccc(C2(CNCC(N)=O)CCCC2)cc1.